The zero-order chi connectivity index (χ0) is 21.3. The van der Waals surface area contributed by atoms with Crippen LogP contribution in [0.1, 0.15) is 21.7 Å². The minimum absolute atomic E-state index is 0.141. The number of rotatable bonds is 4. The first kappa shape index (κ1) is 20.7. The number of alkyl halides is 3. The molecule has 3 rings (SSSR count). The van der Waals surface area contributed by atoms with Crippen LogP contribution in [-0.4, -0.2) is 18.5 Å². The van der Waals surface area contributed by atoms with Gasteiger partial charge >= 0.3 is 12.1 Å². The lowest BCUT2D eigenvalue weighted by molar-refractivity contribution is -0.137. The first-order valence-corrected chi connectivity index (χ1v) is 8.47. The fraction of sp³-hybridized carbons (Fsp3) is 0.158. The number of hydrogen-bond donors (Lipinski definition) is 1. The van der Waals surface area contributed by atoms with Crippen molar-refractivity contribution < 1.29 is 36.3 Å². The van der Waals surface area contributed by atoms with Crippen molar-refractivity contribution in [3.63, 3.8) is 0 Å². The molecule has 2 aromatic carbocycles. The summed E-state index contributed by atoms with van der Waals surface area (Å²) in [5.41, 5.74) is -1.52. The van der Waals surface area contributed by atoms with Crippen LogP contribution in [0.2, 0.25) is 5.02 Å². The van der Waals surface area contributed by atoms with Crippen LogP contribution in [0, 0.1) is 12.7 Å². The van der Waals surface area contributed by atoms with Crippen molar-refractivity contribution in [1.29, 1.82) is 0 Å². The number of benzene rings is 2. The number of para-hydroxylation sites is 1. The molecule has 1 aromatic heterocycles. The molecule has 0 fully saturated rings. The molecule has 29 heavy (non-hydrogen) atoms. The number of aryl methyl sites for hydroxylation is 1. The fourth-order valence-corrected chi connectivity index (χ4v) is 2.82. The van der Waals surface area contributed by atoms with E-state index < -0.39 is 41.7 Å². The summed E-state index contributed by atoms with van der Waals surface area (Å²) in [7, 11) is 0. The molecule has 0 saturated carbocycles. The molecule has 0 radical (unpaired) electrons. The molecule has 0 aliphatic carbocycles. The number of carbonyl (C=O) groups is 2. The smallest absolute Gasteiger partial charge is 0.418 e. The molecule has 10 heteroatoms. The van der Waals surface area contributed by atoms with E-state index in [0.29, 0.717) is 17.0 Å². The molecule has 5 nitrogen and oxygen atoms in total. The van der Waals surface area contributed by atoms with Gasteiger partial charge < -0.3 is 14.5 Å². The highest BCUT2D eigenvalue weighted by molar-refractivity contribution is 6.30. The monoisotopic (exact) mass is 429 g/mol. The molecule has 152 valence electrons. The largest absolute Gasteiger partial charge is 0.450 e. The van der Waals surface area contributed by atoms with E-state index in [1.165, 1.54) is 19.1 Å². The molecule has 0 atom stereocenters. The lowest BCUT2D eigenvalue weighted by Crippen LogP contribution is -2.22. The average molecular weight is 430 g/mol. The number of hydrogen-bond acceptors (Lipinski definition) is 4. The zero-order valence-electron chi connectivity index (χ0n) is 14.7. The first-order chi connectivity index (χ1) is 13.6. The summed E-state index contributed by atoms with van der Waals surface area (Å²) < 4.78 is 62.9. The van der Waals surface area contributed by atoms with E-state index in [1.54, 1.807) is 6.07 Å². The van der Waals surface area contributed by atoms with E-state index in [4.69, 9.17) is 20.8 Å². The zero-order valence-corrected chi connectivity index (χ0v) is 15.4. The van der Waals surface area contributed by atoms with Gasteiger partial charge in [-0.1, -0.05) is 23.7 Å². The number of anilines is 1. The van der Waals surface area contributed by atoms with Gasteiger partial charge in [-0.15, -0.1) is 0 Å². The second-order valence-corrected chi connectivity index (χ2v) is 6.42. The Morgan fingerprint density at radius 2 is 1.93 bits per heavy atom. The number of esters is 1. The van der Waals surface area contributed by atoms with Gasteiger partial charge in [0.1, 0.15) is 0 Å². The summed E-state index contributed by atoms with van der Waals surface area (Å²) in [5.74, 6) is -3.04. The molecular formula is C19H12ClF4NO4. The van der Waals surface area contributed by atoms with Gasteiger partial charge in [-0.25, -0.2) is 9.18 Å². The number of furan rings is 1. The summed E-state index contributed by atoms with van der Waals surface area (Å²) in [4.78, 5) is 24.1. The third-order valence-electron chi connectivity index (χ3n) is 4.00. The standard InChI is InChI=1S/C19H12ClF4NO4/c1-9-11-3-2-4-13(21)17(11)29-16(9)18(27)28-8-15(26)25-14-6-5-10(20)7-12(14)19(22,23)24/h2-7H,8H2,1H3,(H,25,26). The molecule has 0 aliphatic rings. The molecule has 1 N–H and O–H groups in total. The Morgan fingerprint density at radius 3 is 2.59 bits per heavy atom. The molecule has 0 bridgehead atoms. The minimum Gasteiger partial charge on any atom is -0.450 e. The van der Waals surface area contributed by atoms with Crippen LogP contribution in [0.4, 0.5) is 23.2 Å². The van der Waals surface area contributed by atoms with E-state index in [9.17, 15) is 27.2 Å². The first-order valence-electron chi connectivity index (χ1n) is 8.09. The highest BCUT2D eigenvalue weighted by Gasteiger charge is 2.34. The Balaban J connectivity index is 1.71. The van der Waals surface area contributed by atoms with Gasteiger partial charge in [0.25, 0.3) is 5.91 Å². The predicted octanol–water partition coefficient (Wildman–Crippen LogP) is 5.35. The molecule has 0 spiro atoms. The van der Waals surface area contributed by atoms with Gasteiger partial charge in [-0.05, 0) is 31.2 Å². The summed E-state index contributed by atoms with van der Waals surface area (Å²) in [6, 6.07) is 6.95. The van der Waals surface area contributed by atoms with Gasteiger partial charge in [-0.3, -0.25) is 4.79 Å². The van der Waals surface area contributed by atoms with Gasteiger partial charge in [0.2, 0.25) is 5.76 Å². The quantitative estimate of drug-likeness (QED) is 0.448. The predicted molar refractivity (Wildman–Crippen MR) is 96.3 cm³/mol. The fourth-order valence-electron chi connectivity index (χ4n) is 2.65. The summed E-state index contributed by atoms with van der Waals surface area (Å²) in [6.45, 7) is 0.628. The Kier molecular flexibility index (Phi) is 5.52. The Bertz CT molecular complexity index is 1110. The number of nitrogens with one attached hydrogen (secondary N) is 1. The highest BCUT2D eigenvalue weighted by atomic mass is 35.5. The van der Waals surface area contributed by atoms with Crippen LogP contribution in [-0.2, 0) is 15.7 Å². The number of amides is 1. The summed E-state index contributed by atoms with van der Waals surface area (Å²) >= 11 is 5.57. The van der Waals surface area contributed by atoms with Crippen molar-refractivity contribution in [2.75, 3.05) is 11.9 Å². The maximum Gasteiger partial charge on any atom is 0.418 e. The maximum absolute atomic E-state index is 13.8. The van der Waals surface area contributed by atoms with Gasteiger partial charge in [0, 0.05) is 16.0 Å². The van der Waals surface area contributed by atoms with Crippen molar-refractivity contribution >= 4 is 40.1 Å². The topological polar surface area (TPSA) is 68.5 Å². The van der Waals surface area contributed by atoms with E-state index in [0.717, 1.165) is 12.1 Å². The lowest BCUT2D eigenvalue weighted by atomic mass is 10.1. The third kappa shape index (κ3) is 4.34. The van der Waals surface area contributed by atoms with Gasteiger partial charge in [0.05, 0.1) is 11.3 Å². The molecule has 1 amide bonds. The molecule has 0 saturated heterocycles. The summed E-state index contributed by atoms with van der Waals surface area (Å²) in [5, 5.41) is 2.22. The average Bonchev–Trinajstić information content (AvgIpc) is 2.99. The van der Waals surface area contributed by atoms with Crippen molar-refractivity contribution in [3.05, 3.63) is 64.1 Å². The Labute approximate surface area is 166 Å². The molecule has 0 unspecified atom stereocenters. The molecule has 1 heterocycles. The Hall–Kier alpha value is -3.07. The van der Waals surface area contributed by atoms with E-state index >= 15 is 0 Å². The van der Waals surface area contributed by atoms with Crippen molar-refractivity contribution in [1.82, 2.24) is 0 Å². The summed E-state index contributed by atoms with van der Waals surface area (Å²) in [6.07, 6.45) is -4.75. The molecular weight excluding hydrogens is 418 g/mol. The van der Waals surface area contributed by atoms with Gasteiger partial charge in [0.15, 0.2) is 18.0 Å². The van der Waals surface area contributed by atoms with Crippen molar-refractivity contribution in [2.45, 2.75) is 13.1 Å². The van der Waals surface area contributed by atoms with Crippen LogP contribution in [0.15, 0.2) is 40.8 Å². The van der Waals surface area contributed by atoms with Crippen LogP contribution in [0.3, 0.4) is 0 Å². The van der Waals surface area contributed by atoms with E-state index in [2.05, 4.69) is 0 Å². The van der Waals surface area contributed by atoms with Crippen LogP contribution >= 0.6 is 11.6 Å². The SMILES string of the molecule is Cc1c(C(=O)OCC(=O)Nc2ccc(Cl)cc2C(F)(F)F)oc2c(F)cccc12. The van der Waals surface area contributed by atoms with E-state index in [-0.39, 0.29) is 16.4 Å². The number of halogens is 5. The molecule has 0 aliphatic heterocycles. The van der Waals surface area contributed by atoms with Crippen LogP contribution in [0.25, 0.3) is 11.0 Å². The highest BCUT2D eigenvalue weighted by Crippen LogP contribution is 2.36. The third-order valence-corrected chi connectivity index (χ3v) is 4.23. The Morgan fingerprint density at radius 1 is 1.21 bits per heavy atom. The van der Waals surface area contributed by atoms with Crippen LogP contribution < -0.4 is 5.32 Å². The van der Waals surface area contributed by atoms with Crippen molar-refractivity contribution in [3.8, 4) is 0 Å². The number of carbonyl (C=O) groups excluding carboxylic acids is 2. The maximum atomic E-state index is 13.8. The second-order valence-electron chi connectivity index (χ2n) is 5.98. The number of fused-ring (bicyclic) bond motifs is 1. The minimum atomic E-state index is -4.75. The van der Waals surface area contributed by atoms with Crippen LogP contribution in [0.5, 0.6) is 0 Å². The normalized spacial score (nSPS) is 11.5. The number of ether oxygens (including phenoxy) is 1. The van der Waals surface area contributed by atoms with E-state index in [1.807, 2.05) is 5.32 Å². The van der Waals surface area contributed by atoms with Gasteiger partial charge in [-0.2, -0.15) is 13.2 Å². The second kappa shape index (κ2) is 7.75. The molecule has 3 aromatic rings. The van der Waals surface area contributed by atoms with Crippen molar-refractivity contribution in [2.24, 2.45) is 0 Å². The lowest BCUT2D eigenvalue weighted by Gasteiger charge is -2.14.